The van der Waals surface area contributed by atoms with Gasteiger partial charge in [-0.25, -0.2) is 4.98 Å². The summed E-state index contributed by atoms with van der Waals surface area (Å²) in [6, 6.07) is 15.4. The summed E-state index contributed by atoms with van der Waals surface area (Å²) in [5.41, 5.74) is 8.45. The minimum absolute atomic E-state index is 0.638. The smallest absolute Gasteiger partial charge is 0.181 e. The fourth-order valence-corrected chi connectivity index (χ4v) is 2.21. The Morgan fingerprint density at radius 1 is 1.14 bits per heavy atom. The van der Waals surface area contributed by atoms with E-state index in [4.69, 9.17) is 10.5 Å². The first-order valence-electron chi connectivity index (χ1n) is 6.65. The van der Waals surface area contributed by atoms with Crippen molar-refractivity contribution in [1.82, 2.24) is 15.2 Å². The Balaban J connectivity index is 1.85. The Labute approximate surface area is 122 Å². The number of nitrogens with one attached hydrogen (secondary N) is 1. The topological polar surface area (TPSA) is 76.8 Å². The van der Waals surface area contributed by atoms with Crippen LogP contribution in [0.15, 0.2) is 48.5 Å². The van der Waals surface area contributed by atoms with Gasteiger partial charge in [0.15, 0.2) is 5.82 Å². The van der Waals surface area contributed by atoms with Gasteiger partial charge in [0.05, 0.1) is 7.11 Å². The third kappa shape index (κ3) is 2.86. The molecule has 0 aliphatic heterocycles. The van der Waals surface area contributed by atoms with Crippen molar-refractivity contribution in [2.24, 2.45) is 0 Å². The molecule has 0 bridgehead atoms. The van der Waals surface area contributed by atoms with Gasteiger partial charge in [-0.3, -0.25) is 5.10 Å². The van der Waals surface area contributed by atoms with Crippen LogP contribution in [0.5, 0.6) is 5.75 Å². The fourth-order valence-electron chi connectivity index (χ4n) is 2.21. The highest BCUT2D eigenvalue weighted by molar-refractivity contribution is 5.60. The summed E-state index contributed by atoms with van der Waals surface area (Å²) in [4.78, 5) is 4.51. The molecule has 3 N–H and O–H groups in total. The number of rotatable bonds is 4. The molecule has 0 spiro atoms. The lowest BCUT2D eigenvalue weighted by Gasteiger charge is -2.05. The van der Waals surface area contributed by atoms with Gasteiger partial charge in [0.1, 0.15) is 11.6 Å². The predicted molar refractivity (Wildman–Crippen MR) is 82.0 cm³/mol. The van der Waals surface area contributed by atoms with Crippen LogP contribution in [-0.4, -0.2) is 22.3 Å². The van der Waals surface area contributed by atoms with E-state index < -0.39 is 0 Å². The number of aromatic nitrogens is 3. The maximum absolute atomic E-state index is 5.78. The van der Waals surface area contributed by atoms with Crippen molar-refractivity contribution >= 4 is 5.69 Å². The number of nitrogens with zero attached hydrogens (tertiary/aromatic N) is 2. The van der Waals surface area contributed by atoms with Gasteiger partial charge in [-0.05, 0) is 18.2 Å². The van der Waals surface area contributed by atoms with E-state index in [1.807, 2.05) is 48.5 Å². The molecule has 0 atom stereocenters. The molecule has 21 heavy (non-hydrogen) atoms. The van der Waals surface area contributed by atoms with E-state index in [2.05, 4.69) is 15.2 Å². The van der Waals surface area contributed by atoms with Gasteiger partial charge in [0.2, 0.25) is 0 Å². The van der Waals surface area contributed by atoms with E-state index in [0.717, 1.165) is 22.7 Å². The molecule has 0 aliphatic rings. The van der Waals surface area contributed by atoms with Crippen molar-refractivity contribution in [1.29, 1.82) is 0 Å². The maximum atomic E-state index is 5.78. The first kappa shape index (κ1) is 13.2. The number of H-pyrrole nitrogens is 1. The average molecular weight is 280 g/mol. The second-order valence-corrected chi connectivity index (χ2v) is 4.72. The second kappa shape index (κ2) is 5.66. The molecule has 0 aliphatic carbocycles. The Kier molecular flexibility index (Phi) is 3.55. The van der Waals surface area contributed by atoms with Crippen molar-refractivity contribution in [2.45, 2.75) is 6.42 Å². The fraction of sp³-hybridized carbons (Fsp3) is 0.125. The lowest BCUT2D eigenvalue weighted by molar-refractivity contribution is 0.410. The lowest BCUT2D eigenvalue weighted by atomic mass is 10.1. The molecule has 0 saturated carbocycles. The van der Waals surface area contributed by atoms with Crippen LogP contribution in [-0.2, 0) is 6.42 Å². The summed E-state index contributed by atoms with van der Waals surface area (Å²) in [5.74, 6) is 2.28. The van der Waals surface area contributed by atoms with Gasteiger partial charge in [-0.1, -0.05) is 30.3 Å². The van der Waals surface area contributed by atoms with Crippen LogP contribution in [0, 0.1) is 0 Å². The van der Waals surface area contributed by atoms with E-state index in [-0.39, 0.29) is 0 Å². The molecular weight excluding hydrogens is 264 g/mol. The standard InChI is InChI=1S/C16H16N4O/c1-21-14-8-3-2-5-11(14)10-15-18-16(20-19-15)12-6-4-7-13(17)9-12/h2-9H,10,17H2,1H3,(H,18,19,20). The largest absolute Gasteiger partial charge is 0.496 e. The SMILES string of the molecule is COc1ccccc1Cc1nc(-c2cccc(N)c2)n[nH]1. The predicted octanol–water partition coefficient (Wildman–Crippen LogP) is 2.65. The monoisotopic (exact) mass is 280 g/mol. The first-order valence-corrected chi connectivity index (χ1v) is 6.65. The van der Waals surface area contributed by atoms with Gasteiger partial charge in [0.25, 0.3) is 0 Å². The number of nitrogens with two attached hydrogens (primary N) is 1. The Morgan fingerprint density at radius 3 is 2.81 bits per heavy atom. The normalized spacial score (nSPS) is 10.5. The maximum Gasteiger partial charge on any atom is 0.181 e. The summed E-state index contributed by atoms with van der Waals surface area (Å²) in [6.45, 7) is 0. The van der Waals surface area contributed by atoms with E-state index in [1.165, 1.54) is 0 Å². The minimum Gasteiger partial charge on any atom is -0.496 e. The van der Waals surface area contributed by atoms with E-state index in [1.54, 1.807) is 7.11 Å². The molecule has 106 valence electrons. The lowest BCUT2D eigenvalue weighted by Crippen LogP contribution is -1.95. The van der Waals surface area contributed by atoms with Crippen LogP contribution < -0.4 is 10.5 Å². The van der Waals surface area contributed by atoms with E-state index in [0.29, 0.717) is 17.9 Å². The highest BCUT2D eigenvalue weighted by Crippen LogP contribution is 2.21. The van der Waals surface area contributed by atoms with Gasteiger partial charge < -0.3 is 10.5 Å². The molecule has 1 heterocycles. The summed E-state index contributed by atoms with van der Waals surface area (Å²) in [5, 5.41) is 7.21. The molecular formula is C16H16N4O. The zero-order chi connectivity index (χ0) is 14.7. The second-order valence-electron chi connectivity index (χ2n) is 4.72. The van der Waals surface area contributed by atoms with Crippen molar-refractivity contribution in [3.63, 3.8) is 0 Å². The summed E-state index contributed by atoms with van der Waals surface area (Å²) in [7, 11) is 1.66. The van der Waals surface area contributed by atoms with Gasteiger partial charge in [-0.15, -0.1) is 0 Å². The molecule has 0 saturated heterocycles. The van der Waals surface area contributed by atoms with Crippen LogP contribution in [0.1, 0.15) is 11.4 Å². The number of hydrogen-bond acceptors (Lipinski definition) is 4. The van der Waals surface area contributed by atoms with Crippen molar-refractivity contribution in [3.05, 3.63) is 59.9 Å². The molecule has 3 rings (SSSR count). The van der Waals surface area contributed by atoms with E-state index in [9.17, 15) is 0 Å². The molecule has 0 amide bonds. The van der Waals surface area contributed by atoms with Crippen LogP contribution in [0.3, 0.4) is 0 Å². The number of hydrogen-bond donors (Lipinski definition) is 2. The molecule has 1 aromatic heterocycles. The number of aromatic amines is 1. The van der Waals surface area contributed by atoms with Gasteiger partial charge in [-0.2, -0.15) is 5.10 Å². The van der Waals surface area contributed by atoms with E-state index >= 15 is 0 Å². The van der Waals surface area contributed by atoms with Crippen LogP contribution in [0.4, 0.5) is 5.69 Å². The zero-order valence-corrected chi connectivity index (χ0v) is 11.7. The van der Waals surface area contributed by atoms with Crippen molar-refractivity contribution in [3.8, 4) is 17.1 Å². The Morgan fingerprint density at radius 2 is 2.00 bits per heavy atom. The number of benzene rings is 2. The first-order chi connectivity index (χ1) is 10.3. The molecule has 5 heteroatoms. The highest BCUT2D eigenvalue weighted by Gasteiger charge is 2.09. The zero-order valence-electron chi connectivity index (χ0n) is 11.7. The molecule has 0 fully saturated rings. The van der Waals surface area contributed by atoms with Crippen molar-refractivity contribution in [2.75, 3.05) is 12.8 Å². The third-order valence-electron chi connectivity index (χ3n) is 3.23. The number of anilines is 1. The number of ether oxygens (including phenoxy) is 1. The highest BCUT2D eigenvalue weighted by atomic mass is 16.5. The minimum atomic E-state index is 0.638. The van der Waals surface area contributed by atoms with Crippen LogP contribution in [0.25, 0.3) is 11.4 Å². The molecule has 0 unspecified atom stereocenters. The Hall–Kier alpha value is -2.82. The third-order valence-corrected chi connectivity index (χ3v) is 3.23. The number of methoxy groups -OCH3 is 1. The van der Waals surface area contributed by atoms with Crippen LogP contribution in [0.2, 0.25) is 0 Å². The molecule has 0 radical (unpaired) electrons. The molecule has 2 aromatic carbocycles. The summed E-state index contributed by atoms with van der Waals surface area (Å²) < 4.78 is 5.35. The molecule has 5 nitrogen and oxygen atoms in total. The Bertz CT molecular complexity index is 751. The number of para-hydroxylation sites is 1. The average Bonchev–Trinajstić information content (AvgIpc) is 2.96. The van der Waals surface area contributed by atoms with Gasteiger partial charge in [0, 0.05) is 23.2 Å². The summed E-state index contributed by atoms with van der Waals surface area (Å²) >= 11 is 0. The number of nitrogen functional groups attached to an aromatic ring is 1. The molecule has 3 aromatic rings. The van der Waals surface area contributed by atoms with Crippen LogP contribution >= 0.6 is 0 Å². The van der Waals surface area contributed by atoms with Crippen molar-refractivity contribution < 1.29 is 4.74 Å². The quantitative estimate of drug-likeness (QED) is 0.720. The van der Waals surface area contributed by atoms with Gasteiger partial charge >= 0.3 is 0 Å². The summed E-state index contributed by atoms with van der Waals surface area (Å²) in [6.07, 6.45) is 0.638.